The molecular formula is C26H34N6O3. The second-order valence-electron chi connectivity index (χ2n) is 9.94. The number of aliphatic imine (C=N–C) groups is 1. The van der Waals surface area contributed by atoms with E-state index in [-0.39, 0.29) is 5.78 Å². The molecule has 9 heteroatoms. The molecule has 0 bridgehead atoms. The lowest BCUT2D eigenvalue weighted by Gasteiger charge is -2.37. The van der Waals surface area contributed by atoms with Gasteiger partial charge in [-0.15, -0.1) is 0 Å². The maximum atomic E-state index is 13.0. The maximum Gasteiger partial charge on any atom is 0.217 e. The van der Waals surface area contributed by atoms with Gasteiger partial charge < -0.3 is 19.9 Å². The van der Waals surface area contributed by atoms with Crippen LogP contribution in [-0.4, -0.2) is 65.3 Å². The average molecular weight is 479 g/mol. The van der Waals surface area contributed by atoms with E-state index in [1.54, 1.807) is 25.4 Å². The van der Waals surface area contributed by atoms with E-state index in [9.17, 15) is 4.79 Å². The van der Waals surface area contributed by atoms with E-state index in [0.717, 1.165) is 62.7 Å². The summed E-state index contributed by atoms with van der Waals surface area (Å²) in [5.41, 5.74) is 8.51. The molecule has 1 saturated heterocycles. The van der Waals surface area contributed by atoms with Crippen molar-refractivity contribution in [3.05, 3.63) is 29.1 Å². The van der Waals surface area contributed by atoms with E-state index in [2.05, 4.69) is 22.1 Å². The maximum absolute atomic E-state index is 13.0. The van der Waals surface area contributed by atoms with E-state index >= 15 is 0 Å². The van der Waals surface area contributed by atoms with E-state index in [1.807, 2.05) is 0 Å². The number of ether oxygens (including phenoxy) is 1. The molecule has 9 nitrogen and oxygen atoms in total. The zero-order chi connectivity index (χ0) is 24.4. The Labute approximate surface area is 205 Å². The summed E-state index contributed by atoms with van der Waals surface area (Å²) < 4.78 is 12.0. The lowest BCUT2D eigenvalue weighted by molar-refractivity contribution is -0.127. The molecule has 2 fully saturated rings. The molecule has 0 unspecified atom stereocenters. The van der Waals surface area contributed by atoms with Gasteiger partial charge in [0.25, 0.3) is 0 Å². The van der Waals surface area contributed by atoms with Gasteiger partial charge in [-0.3, -0.25) is 9.79 Å². The normalized spacial score (nSPS) is 25.5. The third kappa shape index (κ3) is 4.49. The number of hydrogen-bond acceptors (Lipinski definition) is 9. The Morgan fingerprint density at radius 3 is 2.91 bits per heavy atom. The number of likely N-dealkylation sites (N-methyl/N-ethyl adjacent to an activating group) is 1. The van der Waals surface area contributed by atoms with Crippen LogP contribution in [0.15, 0.2) is 21.7 Å². The smallest absolute Gasteiger partial charge is 0.217 e. The molecule has 3 aliphatic rings. The molecule has 35 heavy (non-hydrogen) atoms. The number of carbonyl (C=O) groups is 1. The van der Waals surface area contributed by atoms with Gasteiger partial charge in [-0.2, -0.15) is 4.98 Å². The molecule has 0 aromatic carbocycles. The Hall–Kier alpha value is -3.07. The Morgan fingerprint density at radius 1 is 1.29 bits per heavy atom. The Balaban J connectivity index is 1.52. The van der Waals surface area contributed by atoms with Crippen LogP contribution in [0.25, 0.3) is 17.3 Å². The molecule has 1 aliphatic heterocycles. The number of aromatic nitrogens is 3. The van der Waals surface area contributed by atoms with Crippen LogP contribution in [0.1, 0.15) is 68.3 Å². The number of allylic oxidation sites excluding steroid dienone is 1. The number of likely N-dealkylation sites (tertiary alicyclic amines) is 1. The first-order valence-electron chi connectivity index (χ1n) is 12.6. The highest BCUT2D eigenvalue weighted by Crippen LogP contribution is 2.47. The third-order valence-corrected chi connectivity index (χ3v) is 7.76. The summed E-state index contributed by atoms with van der Waals surface area (Å²) in [4.78, 5) is 28.7. The summed E-state index contributed by atoms with van der Waals surface area (Å²) in [6.07, 6.45) is 11.6. The van der Waals surface area contributed by atoms with Crippen molar-refractivity contribution in [3.8, 4) is 17.5 Å². The zero-order valence-electron chi connectivity index (χ0n) is 20.6. The quantitative estimate of drug-likeness (QED) is 0.628. The van der Waals surface area contributed by atoms with Crippen LogP contribution < -0.4 is 10.5 Å². The summed E-state index contributed by atoms with van der Waals surface area (Å²) in [5, 5.41) is 4.44. The van der Waals surface area contributed by atoms with Gasteiger partial charge in [-0.1, -0.05) is 11.6 Å². The average Bonchev–Trinajstić information content (AvgIpc) is 3.49. The fraction of sp³-hybridized carbons (Fsp3) is 0.577. The molecule has 3 heterocycles. The Morgan fingerprint density at radius 2 is 2.14 bits per heavy atom. The number of Topliss-reactive ketones (excluding diaryl/α,β-unsaturated/α-hetero) is 1. The highest BCUT2D eigenvalue weighted by atomic mass is 16.5. The topological polar surface area (TPSA) is 120 Å². The van der Waals surface area contributed by atoms with Crippen LogP contribution in [0.5, 0.6) is 5.88 Å². The summed E-state index contributed by atoms with van der Waals surface area (Å²) in [7, 11) is 3.80. The Kier molecular flexibility index (Phi) is 6.69. The van der Waals surface area contributed by atoms with Crippen molar-refractivity contribution >= 4 is 17.7 Å². The van der Waals surface area contributed by atoms with Crippen molar-refractivity contribution in [3.63, 3.8) is 0 Å². The monoisotopic (exact) mass is 478 g/mol. The molecule has 2 aromatic rings. The molecule has 2 aliphatic carbocycles. The molecule has 0 amide bonds. The fourth-order valence-electron chi connectivity index (χ4n) is 5.74. The first-order chi connectivity index (χ1) is 17.0. The minimum absolute atomic E-state index is 0.287. The highest BCUT2D eigenvalue weighted by molar-refractivity contribution is 5.91. The molecule has 1 saturated carbocycles. The molecule has 0 radical (unpaired) electrons. The highest BCUT2D eigenvalue weighted by Gasteiger charge is 2.47. The number of nitrogens with two attached hydrogens (primary N) is 1. The zero-order valence-corrected chi connectivity index (χ0v) is 20.6. The molecule has 5 rings (SSSR count). The summed E-state index contributed by atoms with van der Waals surface area (Å²) in [6.45, 7) is 1.61. The molecule has 186 valence electrons. The van der Waals surface area contributed by atoms with E-state index in [1.165, 1.54) is 6.42 Å². The van der Waals surface area contributed by atoms with Crippen molar-refractivity contribution in [1.82, 2.24) is 20.0 Å². The number of carbonyl (C=O) groups excluding carboxylic acids is 1. The third-order valence-electron chi connectivity index (χ3n) is 7.76. The SMILES string of the molecule is CN=C/C=C(\N)c1cc(OC[C@@H]2CCCN2C)nc(-c2onc3c2CCC[C@@]32CCCCC2=O)n1. The van der Waals surface area contributed by atoms with Crippen molar-refractivity contribution < 1.29 is 14.1 Å². The second-order valence-corrected chi connectivity index (χ2v) is 9.94. The lowest BCUT2D eigenvalue weighted by atomic mass is 9.64. The van der Waals surface area contributed by atoms with Crippen molar-refractivity contribution in [2.45, 2.75) is 69.2 Å². The van der Waals surface area contributed by atoms with Gasteiger partial charge in [0.15, 0.2) is 0 Å². The van der Waals surface area contributed by atoms with Crippen molar-refractivity contribution in [1.29, 1.82) is 0 Å². The minimum Gasteiger partial charge on any atom is -0.476 e. The number of nitrogens with zero attached hydrogens (tertiary/aromatic N) is 5. The van der Waals surface area contributed by atoms with Gasteiger partial charge in [-0.05, 0) is 64.6 Å². The molecule has 2 atom stereocenters. The van der Waals surface area contributed by atoms with Gasteiger partial charge in [0.05, 0.1) is 16.8 Å². The summed E-state index contributed by atoms with van der Waals surface area (Å²) in [5.74, 6) is 1.63. The number of fused-ring (bicyclic) bond motifs is 2. The van der Waals surface area contributed by atoms with Crippen LogP contribution in [0.3, 0.4) is 0 Å². The van der Waals surface area contributed by atoms with Crippen LogP contribution in [-0.2, 0) is 16.6 Å². The first-order valence-corrected chi connectivity index (χ1v) is 12.6. The van der Waals surface area contributed by atoms with E-state index in [0.29, 0.717) is 47.9 Å². The molecule has 1 spiro atoms. The van der Waals surface area contributed by atoms with Gasteiger partial charge >= 0.3 is 0 Å². The second kappa shape index (κ2) is 9.89. The van der Waals surface area contributed by atoms with E-state index in [4.69, 9.17) is 25.0 Å². The summed E-state index contributed by atoms with van der Waals surface area (Å²) >= 11 is 0. The van der Waals surface area contributed by atoms with Gasteiger partial charge in [0.1, 0.15) is 18.1 Å². The number of ketones is 1. The fourth-order valence-corrected chi connectivity index (χ4v) is 5.74. The van der Waals surface area contributed by atoms with Gasteiger partial charge in [0.2, 0.25) is 17.5 Å². The largest absolute Gasteiger partial charge is 0.476 e. The number of rotatable bonds is 6. The first kappa shape index (κ1) is 23.7. The molecule has 2 aromatic heterocycles. The van der Waals surface area contributed by atoms with Crippen LogP contribution >= 0.6 is 0 Å². The summed E-state index contributed by atoms with van der Waals surface area (Å²) in [6, 6.07) is 2.11. The van der Waals surface area contributed by atoms with Crippen LogP contribution in [0.2, 0.25) is 0 Å². The van der Waals surface area contributed by atoms with Crippen LogP contribution in [0, 0.1) is 0 Å². The predicted octanol–water partition coefficient (Wildman–Crippen LogP) is 3.32. The van der Waals surface area contributed by atoms with Crippen molar-refractivity contribution in [2.75, 3.05) is 27.2 Å². The van der Waals surface area contributed by atoms with E-state index < -0.39 is 5.41 Å². The molecule has 2 N–H and O–H groups in total. The van der Waals surface area contributed by atoms with Crippen molar-refractivity contribution in [2.24, 2.45) is 10.7 Å². The van der Waals surface area contributed by atoms with Crippen LogP contribution in [0.4, 0.5) is 0 Å². The standard InChI is InChI=1S/C26H34N6O3/c1-28-13-10-19(27)20-15-22(34-16-17-7-6-14-32(17)2)30-25(29-20)23-18-8-5-12-26(24(18)31-35-23)11-4-3-9-21(26)33/h10,13,15,17H,3-9,11-12,14,16,27H2,1-2H3/b19-10-,28-13?/t17-,26+/m0/s1. The predicted molar refractivity (Wildman–Crippen MR) is 133 cm³/mol. The minimum atomic E-state index is -0.520. The molecular weight excluding hydrogens is 444 g/mol. The van der Waals surface area contributed by atoms with Gasteiger partial charge in [0, 0.05) is 37.4 Å². The van der Waals surface area contributed by atoms with Gasteiger partial charge in [-0.25, -0.2) is 4.98 Å². The lowest BCUT2D eigenvalue weighted by Crippen LogP contribution is -2.41. The Bertz CT molecular complexity index is 1160. The number of hydrogen-bond donors (Lipinski definition) is 1.